The third-order valence-electron chi connectivity index (χ3n) is 2.81. The van der Waals surface area contributed by atoms with Gasteiger partial charge in [-0.15, -0.1) is 15.9 Å². The van der Waals surface area contributed by atoms with E-state index in [1.54, 1.807) is 17.4 Å². The highest BCUT2D eigenvalue weighted by Crippen LogP contribution is 2.18. The number of aromatic nitrogens is 4. The Morgan fingerprint density at radius 2 is 2.26 bits per heavy atom. The quantitative estimate of drug-likeness (QED) is 0.576. The van der Waals surface area contributed by atoms with Crippen molar-refractivity contribution in [2.75, 3.05) is 5.32 Å². The molecule has 0 saturated heterocycles. The number of fused-ring (bicyclic) bond motifs is 1. The van der Waals surface area contributed by atoms with Crippen molar-refractivity contribution in [3.05, 3.63) is 39.1 Å². The van der Waals surface area contributed by atoms with Crippen LogP contribution in [0.4, 0.5) is 5.82 Å². The van der Waals surface area contributed by atoms with Gasteiger partial charge in [0.05, 0.1) is 28.2 Å². The topological polar surface area (TPSA) is 57.7 Å². The molecule has 3 aromatic rings. The predicted octanol–water partition coefficient (Wildman–Crippen LogP) is 2.49. The number of halogens is 1. The minimum absolute atomic E-state index is 0.472. The third kappa shape index (κ3) is 2.41. The van der Waals surface area contributed by atoms with E-state index in [0.717, 1.165) is 28.7 Å². The highest BCUT2D eigenvalue weighted by Gasteiger charge is 2.13. The van der Waals surface area contributed by atoms with Crippen molar-refractivity contribution in [2.24, 2.45) is 0 Å². The Bertz CT molecular complexity index is 733. The predicted molar refractivity (Wildman–Crippen MR) is 75.7 cm³/mol. The first-order valence-electron chi connectivity index (χ1n) is 5.86. The second-order valence-corrected chi connectivity index (χ2v) is 5.89. The van der Waals surface area contributed by atoms with Gasteiger partial charge in [-0.25, -0.2) is 4.98 Å². The lowest BCUT2D eigenvalue weighted by atomic mass is 10.4. The molecule has 2 N–H and O–H groups in total. The number of rotatable bonds is 3. The van der Waals surface area contributed by atoms with E-state index < -0.39 is 0 Å². The maximum absolute atomic E-state index is 6.01. The zero-order chi connectivity index (χ0) is 13.4. The molecule has 3 rings (SSSR count). The van der Waals surface area contributed by atoms with Crippen molar-refractivity contribution in [1.29, 1.82) is 0 Å². The molecular formula is C12H13ClN5S+. The number of anilines is 1. The van der Waals surface area contributed by atoms with Crippen molar-refractivity contribution in [3.8, 4) is 0 Å². The zero-order valence-electron chi connectivity index (χ0n) is 10.6. The summed E-state index contributed by atoms with van der Waals surface area (Å²) in [6.45, 7) is 4.76. The van der Waals surface area contributed by atoms with E-state index >= 15 is 0 Å². The Morgan fingerprint density at radius 3 is 3.00 bits per heavy atom. The lowest BCUT2D eigenvalue weighted by Gasteiger charge is -2.01. The minimum Gasteiger partial charge on any atom is -0.299 e. The fourth-order valence-electron chi connectivity index (χ4n) is 1.96. The molecule has 19 heavy (non-hydrogen) atoms. The number of hydrogen-bond donors (Lipinski definition) is 2. The van der Waals surface area contributed by atoms with Gasteiger partial charge in [0.15, 0.2) is 0 Å². The van der Waals surface area contributed by atoms with Crippen molar-refractivity contribution >= 4 is 34.4 Å². The van der Waals surface area contributed by atoms with E-state index in [1.807, 2.05) is 30.6 Å². The molecule has 0 radical (unpaired) electrons. The van der Waals surface area contributed by atoms with Crippen LogP contribution >= 0.6 is 22.9 Å². The maximum Gasteiger partial charge on any atom is 0.288 e. The third-order valence-corrected chi connectivity index (χ3v) is 4.08. The first kappa shape index (κ1) is 12.4. The van der Waals surface area contributed by atoms with Gasteiger partial charge in [-0.3, -0.25) is 10.4 Å². The monoisotopic (exact) mass is 294 g/mol. The Morgan fingerprint density at radius 1 is 1.42 bits per heavy atom. The smallest absolute Gasteiger partial charge is 0.288 e. The molecule has 3 aromatic heterocycles. The average molecular weight is 295 g/mol. The molecule has 0 atom stereocenters. The number of aryl methyl sites for hydroxylation is 2. The first-order valence-corrected chi connectivity index (χ1v) is 7.05. The molecule has 0 spiro atoms. The van der Waals surface area contributed by atoms with Crippen LogP contribution in [0.1, 0.15) is 15.6 Å². The number of thiazole rings is 1. The van der Waals surface area contributed by atoms with Crippen LogP contribution in [0.15, 0.2) is 18.3 Å². The molecule has 5 nitrogen and oxygen atoms in total. The largest absolute Gasteiger partial charge is 0.299 e. The van der Waals surface area contributed by atoms with Gasteiger partial charge >= 0.3 is 0 Å². The summed E-state index contributed by atoms with van der Waals surface area (Å²) in [5.41, 5.74) is 1.86. The molecule has 7 heteroatoms. The van der Waals surface area contributed by atoms with Gasteiger partial charge in [0.1, 0.15) is 0 Å². The summed E-state index contributed by atoms with van der Waals surface area (Å²) in [7, 11) is 0. The SMILES string of the molecule is Cc1nc(C)c(CNc2cc(Cl)nc3cc[nH][n+]23)s1. The van der Waals surface area contributed by atoms with E-state index in [2.05, 4.69) is 20.4 Å². The average Bonchev–Trinajstić information content (AvgIpc) is 2.92. The molecule has 0 aliphatic carbocycles. The van der Waals surface area contributed by atoms with Gasteiger partial charge in [0, 0.05) is 12.3 Å². The van der Waals surface area contributed by atoms with E-state index in [0.29, 0.717) is 5.15 Å². The van der Waals surface area contributed by atoms with Crippen LogP contribution in [0.3, 0.4) is 0 Å². The number of nitrogens with one attached hydrogen (secondary N) is 2. The number of aromatic amines is 1. The van der Waals surface area contributed by atoms with Crippen molar-refractivity contribution < 1.29 is 4.52 Å². The minimum atomic E-state index is 0.472. The maximum atomic E-state index is 6.01. The van der Waals surface area contributed by atoms with Crippen LogP contribution < -0.4 is 9.83 Å². The van der Waals surface area contributed by atoms with E-state index in [9.17, 15) is 0 Å². The van der Waals surface area contributed by atoms with Gasteiger partial charge in [0.2, 0.25) is 11.0 Å². The summed E-state index contributed by atoms with van der Waals surface area (Å²) >= 11 is 7.71. The zero-order valence-corrected chi connectivity index (χ0v) is 12.1. The summed E-state index contributed by atoms with van der Waals surface area (Å²) in [6.07, 6.45) is 1.83. The van der Waals surface area contributed by atoms with Crippen molar-refractivity contribution in [2.45, 2.75) is 20.4 Å². The molecular weight excluding hydrogens is 282 g/mol. The van der Waals surface area contributed by atoms with Crippen LogP contribution in [-0.4, -0.2) is 15.1 Å². The summed E-state index contributed by atoms with van der Waals surface area (Å²) in [5, 5.41) is 8.01. The van der Waals surface area contributed by atoms with Gasteiger partial charge in [0.25, 0.3) is 5.65 Å². The van der Waals surface area contributed by atoms with Crippen LogP contribution in [0.5, 0.6) is 0 Å². The lowest BCUT2D eigenvalue weighted by Crippen LogP contribution is -2.29. The van der Waals surface area contributed by atoms with Crippen LogP contribution in [0.2, 0.25) is 5.15 Å². The highest BCUT2D eigenvalue weighted by molar-refractivity contribution is 7.11. The summed E-state index contributed by atoms with van der Waals surface area (Å²) in [6, 6.07) is 3.67. The van der Waals surface area contributed by atoms with Gasteiger partial charge in [-0.1, -0.05) is 4.98 Å². The van der Waals surface area contributed by atoms with E-state index in [4.69, 9.17) is 11.6 Å². The number of nitrogens with zero attached hydrogens (tertiary/aromatic N) is 3. The van der Waals surface area contributed by atoms with E-state index in [1.165, 1.54) is 4.88 Å². The molecule has 0 saturated carbocycles. The van der Waals surface area contributed by atoms with E-state index in [-0.39, 0.29) is 0 Å². The molecule has 0 aromatic carbocycles. The standard InChI is InChI=1S/C12H12ClN5S/c1-7-9(19-8(2)16-7)6-14-12-5-10(13)17-11-3-4-15-18(11)12/h3-5H,6H2,1-2H3,(H,14,15,17)/p+1. The molecule has 3 heterocycles. The van der Waals surface area contributed by atoms with Gasteiger partial charge in [-0.05, 0) is 25.4 Å². The lowest BCUT2D eigenvalue weighted by molar-refractivity contribution is -0.564. The summed E-state index contributed by atoms with van der Waals surface area (Å²) in [5.74, 6) is 0.880. The normalized spacial score (nSPS) is 11.1. The highest BCUT2D eigenvalue weighted by atomic mass is 35.5. The second kappa shape index (κ2) is 4.79. The Balaban J connectivity index is 1.89. The molecule has 0 aliphatic rings. The molecule has 0 amide bonds. The number of hydrogen-bond acceptors (Lipinski definition) is 4. The molecule has 0 fully saturated rings. The molecule has 0 unspecified atom stereocenters. The Kier molecular flexibility index (Phi) is 3.12. The first-order chi connectivity index (χ1) is 9.13. The molecule has 0 aliphatic heterocycles. The number of H-pyrrole nitrogens is 1. The van der Waals surface area contributed by atoms with Crippen LogP contribution in [-0.2, 0) is 6.54 Å². The molecule has 98 valence electrons. The van der Waals surface area contributed by atoms with Gasteiger partial charge < -0.3 is 0 Å². The fraction of sp³-hybridized carbons (Fsp3) is 0.250. The summed E-state index contributed by atoms with van der Waals surface area (Å²) < 4.78 is 1.86. The van der Waals surface area contributed by atoms with Crippen molar-refractivity contribution in [3.63, 3.8) is 0 Å². The summed E-state index contributed by atoms with van der Waals surface area (Å²) in [4.78, 5) is 9.87. The second-order valence-electron chi connectivity index (χ2n) is 4.22. The molecule has 0 bridgehead atoms. The Labute approximate surface area is 119 Å². The van der Waals surface area contributed by atoms with Crippen LogP contribution in [0.25, 0.3) is 5.65 Å². The fourth-order valence-corrected chi connectivity index (χ4v) is 3.03. The Hall–Kier alpha value is -1.66. The van der Waals surface area contributed by atoms with Crippen LogP contribution in [0, 0.1) is 13.8 Å². The van der Waals surface area contributed by atoms with Gasteiger partial charge in [-0.2, -0.15) is 0 Å². The van der Waals surface area contributed by atoms with Crippen molar-refractivity contribution in [1.82, 2.24) is 15.1 Å².